The zero-order chi connectivity index (χ0) is 18.7. The highest BCUT2D eigenvalue weighted by atomic mass is 19.1. The van der Waals surface area contributed by atoms with Crippen molar-refractivity contribution >= 4 is 11.8 Å². The Morgan fingerprint density at radius 2 is 1.50 bits per heavy atom. The summed E-state index contributed by atoms with van der Waals surface area (Å²) < 4.78 is 18.8. The number of ether oxygens (including phenoxy) is 1. The highest BCUT2D eigenvalue weighted by Crippen LogP contribution is 2.17. The average Bonchev–Trinajstić information content (AvgIpc) is 2.69. The van der Waals surface area contributed by atoms with Gasteiger partial charge in [0.05, 0.1) is 7.11 Å². The number of amides is 2. The van der Waals surface area contributed by atoms with Crippen molar-refractivity contribution in [2.45, 2.75) is 6.92 Å². The molecule has 0 atom stereocenters. The number of benzene rings is 2. The van der Waals surface area contributed by atoms with Crippen molar-refractivity contribution < 1.29 is 18.7 Å². The van der Waals surface area contributed by atoms with E-state index < -0.39 is 0 Å². The van der Waals surface area contributed by atoms with Crippen molar-refractivity contribution in [3.63, 3.8) is 0 Å². The van der Waals surface area contributed by atoms with E-state index in [0.717, 1.165) is 0 Å². The maximum absolute atomic E-state index is 13.7. The SMILES string of the molecule is COc1cccc(C(=O)N2CCN(C(=O)c3ccc(C)c(F)c3)CC2)c1. The van der Waals surface area contributed by atoms with Crippen LogP contribution in [0.3, 0.4) is 0 Å². The van der Waals surface area contributed by atoms with E-state index in [1.807, 2.05) is 0 Å². The molecule has 1 heterocycles. The molecule has 1 aliphatic rings. The van der Waals surface area contributed by atoms with E-state index in [-0.39, 0.29) is 17.6 Å². The first-order chi connectivity index (χ1) is 12.5. The lowest BCUT2D eigenvalue weighted by atomic mass is 10.1. The highest BCUT2D eigenvalue weighted by molar-refractivity contribution is 5.96. The predicted octanol–water partition coefficient (Wildman–Crippen LogP) is 2.74. The Balaban J connectivity index is 1.64. The summed E-state index contributed by atoms with van der Waals surface area (Å²) in [6.07, 6.45) is 0. The molecule has 0 spiro atoms. The van der Waals surface area contributed by atoms with Gasteiger partial charge in [0.25, 0.3) is 11.8 Å². The molecule has 136 valence electrons. The van der Waals surface area contributed by atoms with Gasteiger partial charge in [-0.25, -0.2) is 4.39 Å². The van der Waals surface area contributed by atoms with Gasteiger partial charge in [-0.2, -0.15) is 0 Å². The molecular weight excluding hydrogens is 335 g/mol. The molecule has 3 rings (SSSR count). The Hall–Kier alpha value is -2.89. The summed E-state index contributed by atoms with van der Waals surface area (Å²) in [5.41, 5.74) is 1.40. The van der Waals surface area contributed by atoms with E-state index in [2.05, 4.69) is 0 Å². The van der Waals surface area contributed by atoms with Crippen LogP contribution in [0.25, 0.3) is 0 Å². The fourth-order valence-electron chi connectivity index (χ4n) is 2.96. The third kappa shape index (κ3) is 3.69. The second-order valence-corrected chi connectivity index (χ2v) is 6.28. The number of carbonyl (C=O) groups excluding carboxylic acids is 2. The van der Waals surface area contributed by atoms with Crippen LogP contribution in [0.4, 0.5) is 4.39 Å². The number of rotatable bonds is 3. The van der Waals surface area contributed by atoms with Crippen molar-refractivity contribution in [1.82, 2.24) is 9.80 Å². The van der Waals surface area contributed by atoms with Crippen LogP contribution in [-0.2, 0) is 0 Å². The summed E-state index contributed by atoms with van der Waals surface area (Å²) in [6, 6.07) is 11.5. The fraction of sp³-hybridized carbons (Fsp3) is 0.300. The zero-order valence-corrected chi connectivity index (χ0v) is 14.9. The van der Waals surface area contributed by atoms with Crippen molar-refractivity contribution in [3.05, 3.63) is 65.0 Å². The van der Waals surface area contributed by atoms with Crippen LogP contribution < -0.4 is 4.74 Å². The van der Waals surface area contributed by atoms with E-state index in [0.29, 0.717) is 48.6 Å². The first-order valence-corrected chi connectivity index (χ1v) is 8.48. The number of carbonyl (C=O) groups is 2. The number of hydrogen-bond acceptors (Lipinski definition) is 3. The Morgan fingerprint density at radius 1 is 0.923 bits per heavy atom. The molecule has 0 N–H and O–H groups in total. The van der Waals surface area contributed by atoms with Gasteiger partial charge >= 0.3 is 0 Å². The van der Waals surface area contributed by atoms with Gasteiger partial charge in [-0.3, -0.25) is 9.59 Å². The minimum absolute atomic E-state index is 0.0858. The summed E-state index contributed by atoms with van der Waals surface area (Å²) in [5, 5.41) is 0. The summed E-state index contributed by atoms with van der Waals surface area (Å²) in [5.74, 6) is -0.0523. The molecule has 0 bridgehead atoms. The second-order valence-electron chi connectivity index (χ2n) is 6.28. The Morgan fingerprint density at radius 3 is 2.04 bits per heavy atom. The zero-order valence-electron chi connectivity index (χ0n) is 14.9. The van der Waals surface area contributed by atoms with Crippen LogP contribution in [0.5, 0.6) is 5.75 Å². The van der Waals surface area contributed by atoms with E-state index in [1.54, 1.807) is 60.2 Å². The third-order valence-corrected chi connectivity index (χ3v) is 4.59. The minimum Gasteiger partial charge on any atom is -0.497 e. The number of methoxy groups -OCH3 is 1. The molecule has 1 saturated heterocycles. The topological polar surface area (TPSA) is 49.9 Å². The summed E-state index contributed by atoms with van der Waals surface area (Å²) in [4.78, 5) is 28.5. The van der Waals surface area contributed by atoms with Crippen LogP contribution in [0.1, 0.15) is 26.3 Å². The van der Waals surface area contributed by atoms with Gasteiger partial charge < -0.3 is 14.5 Å². The lowest BCUT2D eigenvalue weighted by molar-refractivity contribution is 0.0535. The lowest BCUT2D eigenvalue weighted by Crippen LogP contribution is -2.50. The van der Waals surface area contributed by atoms with Gasteiger partial charge in [-0.15, -0.1) is 0 Å². The first kappa shape index (κ1) is 17.9. The number of hydrogen-bond donors (Lipinski definition) is 0. The predicted molar refractivity (Wildman–Crippen MR) is 95.9 cm³/mol. The highest BCUT2D eigenvalue weighted by Gasteiger charge is 2.26. The van der Waals surface area contributed by atoms with Crippen LogP contribution in [0.15, 0.2) is 42.5 Å². The molecule has 6 heteroatoms. The van der Waals surface area contributed by atoms with Crippen molar-refractivity contribution in [1.29, 1.82) is 0 Å². The standard InChI is InChI=1S/C20H21FN2O3/c1-14-6-7-16(13-18(14)21)20(25)23-10-8-22(9-11-23)19(24)15-4-3-5-17(12-15)26-2/h3-7,12-13H,8-11H2,1-2H3. The molecule has 0 aromatic heterocycles. The van der Waals surface area contributed by atoms with Crippen LogP contribution >= 0.6 is 0 Å². The minimum atomic E-state index is -0.386. The first-order valence-electron chi connectivity index (χ1n) is 8.48. The molecule has 2 aromatic rings. The Labute approximate surface area is 152 Å². The molecule has 2 aromatic carbocycles. The monoisotopic (exact) mass is 356 g/mol. The van der Waals surface area contributed by atoms with Gasteiger partial charge in [0.2, 0.25) is 0 Å². The third-order valence-electron chi connectivity index (χ3n) is 4.59. The number of nitrogens with zero attached hydrogens (tertiary/aromatic N) is 2. The van der Waals surface area contributed by atoms with E-state index in [4.69, 9.17) is 4.74 Å². The average molecular weight is 356 g/mol. The smallest absolute Gasteiger partial charge is 0.254 e. The molecule has 1 aliphatic heterocycles. The van der Waals surface area contributed by atoms with E-state index >= 15 is 0 Å². The summed E-state index contributed by atoms with van der Waals surface area (Å²) in [6.45, 7) is 3.38. The van der Waals surface area contributed by atoms with Crippen molar-refractivity contribution in [3.8, 4) is 5.75 Å². The maximum Gasteiger partial charge on any atom is 0.254 e. The Bertz CT molecular complexity index is 830. The quantitative estimate of drug-likeness (QED) is 0.850. The molecule has 5 nitrogen and oxygen atoms in total. The number of piperazine rings is 1. The van der Waals surface area contributed by atoms with Crippen molar-refractivity contribution in [2.75, 3.05) is 33.3 Å². The largest absolute Gasteiger partial charge is 0.497 e. The fourth-order valence-corrected chi connectivity index (χ4v) is 2.96. The van der Waals surface area contributed by atoms with E-state index in [1.165, 1.54) is 6.07 Å². The van der Waals surface area contributed by atoms with Gasteiger partial charge in [0.1, 0.15) is 11.6 Å². The summed E-state index contributed by atoms with van der Waals surface area (Å²) >= 11 is 0. The summed E-state index contributed by atoms with van der Waals surface area (Å²) in [7, 11) is 1.56. The lowest BCUT2D eigenvalue weighted by Gasteiger charge is -2.35. The maximum atomic E-state index is 13.7. The van der Waals surface area contributed by atoms with Crippen LogP contribution in [0.2, 0.25) is 0 Å². The molecule has 0 radical (unpaired) electrons. The number of halogens is 1. The van der Waals surface area contributed by atoms with Gasteiger partial charge in [-0.1, -0.05) is 12.1 Å². The van der Waals surface area contributed by atoms with Crippen LogP contribution in [-0.4, -0.2) is 54.9 Å². The van der Waals surface area contributed by atoms with E-state index in [9.17, 15) is 14.0 Å². The van der Waals surface area contributed by atoms with Gasteiger partial charge in [-0.05, 0) is 42.8 Å². The van der Waals surface area contributed by atoms with Crippen LogP contribution in [0, 0.1) is 12.7 Å². The normalized spacial score (nSPS) is 14.3. The molecule has 0 aliphatic carbocycles. The van der Waals surface area contributed by atoms with Crippen molar-refractivity contribution in [2.24, 2.45) is 0 Å². The number of aryl methyl sites for hydroxylation is 1. The molecule has 0 unspecified atom stereocenters. The van der Waals surface area contributed by atoms with Gasteiger partial charge in [0, 0.05) is 37.3 Å². The molecule has 2 amide bonds. The van der Waals surface area contributed by atoms with Gasteiger partial charge in [0.15, 0.2) is 0 Å². The second kappa shape index (κ2) is 7.56. The molecule has 0 saturated carbocycles. The molecular formula is C20H21FN2O3. The molecule has 1 fully saturated rings. The molecule has 26 heavy (non-hydrogen) atoms. The Kier molecular flexibility index (Phi) is 5.21.